The van der Waals surface area contributed by atoms with E-state index in [0.29, 0.717) is 39.4 Å². The number of benzene rings is 1. The second kappa shape index (κ2) is 6.49. The summed E-state index contributed by atoms with van der Waals surface area (Å²) in [5, 5.41) is 13.8. The molecule has 0 aliphatic heterocycles. The number of rotatable bonds is 3. The van der Waals surface area contributed by atoms with E-state index in [-0.39, 0.29) is 11.5 Å². The predicted octanol–water partition coefficient (Wildman–Crippen LogP) is 2.84. The molecule has 4 rings (SSSR count). The number of hydrogen-bond acceptors (Lipinski definition) is 6. The Kier molecular flexibility index (Phi) is 4.00. The maximum Gasteiger partial charge on any atom is 0.264 e. The average Bonchev–Trinajstić information content (AvgIpc) is 3.02. The molecule has 0 fully saturated rings. The van der Waals surface area contributed by atoms with Gasteiger partial charge in [0.05, 0.1) is 22.3 Å². The monoisotopic (exact) mass is 361 g/mol. The van der Waals surface area contributed by atoms with Crippen LogP contribution in [0.5, 0.6) is 0 Å². The molecule has 27 heavy (non-hydrogen) atoms. The molecule has 134 valence electrons. The minimum Gasteiger partial charge on any atom is -0.336 e. The zero-order valence-electron chi connectivity index (χ0n) is 14.6. The Morgan fingerprint density at radius 1 is 1.15 bits per heavy atom. The Morgan fingerprint density at radius 2 is 2.00 bits per heavy atom. The van der Waals surface area contributed by atoms with E-state index >= 15 is 0 Å². The van der Waals surface area contributed by atoms with Crippen LogP contribution in [0, 0.1) is 13.8 Å². The predicted molar refractivity (Wildman–Crippen MR) is 99.5 cm³/mol. The third-order valence-corrected chi connectivity index (χ3v) is 4.09. The fourth-order valence-corrected chi connectivity index (χ4v) is 2.86. The van der Waals surface area contributed by atoms with Gasteiger partial charge < -0.3 is 9.84 Å². The molecule has 4 aromatic rings. The Morgan fingerprint density at radius 3 is 2.78 bits per heavy atom. The third-order valence-electron chi connectivity index (χ3n) is 4.09. The molecule has 0 spiro atoms. The van der Waals surface area contributed by atoms with Gasteiger partial charge in [0.2, 0.25) is 0 Å². The van der Waals surface area contributed by atoms with E-state index in [2.05, 4.69) is 25.7 Å². The summed E-state index contributed by atoms with van der Waals surface area (Å²) in [6.45, 7) is 3.55. The van der Waals surface area contributed by atoms with E-state index < -0.39 is 0 Å². The van der Waals surface area contributed by atoms with Gasteiger partial charge in [0.1, 0.15) is 0 Å². The minimum absolute atomic E-state index is 0.274. The van der Waals surface area contributed by atoms with Gasteiger partial charge in [-0.05, 0) is 38.1 Å². The summed E-state index contributed by atoms with van der Waals surface area (Å²) in [4.78, 5) is 28.3. The molecule has 8 heteroatoms. The van der Waals surface area contributed by atoms with Gasteiger partial charge in [-0.3, -0.25) is 9.59 Å². The van der Waals surface area contributed by atoms with Gasteiger partial charge in [-0.1, -0.05) is 17.3 Å². The molecule has 2 N–H and O–H groups in total. The van der Waals surface area contributed by atoms with E-state index in [1.165, 1.54) is 6.07 Å². The zero-order valence-corrected chi connectivity index (χ0v) is 14.6. The van der Waals surface area contributed by atoms with Crippen molar-refractivity contribution < 1.29 is 9.32 Å². The molecule has 3 aromatic heterocycles. The van der Waals surface area contributed by atoms with Crippen LogP contribution in [0.1, 0.15) is 21.7 Å². The molecule has 8 nitrogen and oxygen atoms in total. The number of aromatic nitrogens is 4. The molecule has 3 heterocycles. The number of carbonyl (C=O) groups excluding carboxylic acids is 1. The van der Waals surface area contributed by atoms with Crippen molar-refractivity contribution in [2.45, 2.75) is 13.8 Å². The Labute approximate surface area is 153 Å². The number of pyridine rings is 1. The van der Waals surface area contributed by atoms with Crippen molar-refractivity contribution in [2.24, 2.45) is 0 Å². The van der Waals surface area contributed by atoms with Crippen molar-refractivity contribution in [3.63, 3.8) is 0 Å². The number of nitrogens with one attached hydrogen (secondary N) is 2. The maximum atomic E-state index is 12.9. The first kappa shape index (κ1) is 16.6. The highest BCUT2D eigenvalue weighted by atomic mass is 16.5. The summed E-state index contributed by atoms with van der Waals surface area (Å²) in [6.07, 6.45) is 0. The molecular formula is C19H15N5O3. The highest BCUT2D eigenvalue weighted by Crippen LogP contribution is 2.24. The van der Waals surface area contributed by atoms with Gasteiger partial charge in [0.25, 0.3) is 17.2 Å². The Hall–Kier alpha value is -3.81. The quantitative estimate of drug-likeness (QED) is 0.580. The van der Waals surface area contributed by atoms with Crippen molar-refractivity contribution in [3.8, 4) is 11.3 Å². The van der Waals surface area contributed by atoms with Crippen molar-refractivity contribution in [3.05, 3.63) is 69.8 Å². The smallest absolute Gasteiger partial charge is 0.264 e. The molecular weight excluding hydrogens is 346 g/mol. The normalized spacial score (nSPS) is 10.9. The standard InChI is InChI=1S/C19H15N5O3/c1-10-8-14(17-11(2)24-27-19(17)20-10)18(26)21-13-5-3-4-12(9-13)15-6-7-16(25)23-22-15/h3-9H,1-2H3,(H,21,26)(H,23,25). The van der Waals surface area contributed by atoms with E-state index in [1.54, 1.807) is 44.2 Å². The summed E-state index contributed by atoms with van der Waals surface area (Å²) < 4.78 is 5.18. The third kappa shape index (κ3) is 3.20. The largest absolute Gasteiger partial charge is 0.336 e. The van der Waals surface area contributed by atoms with Gasteiger partial charge in [-0.15, -0.1) is 0 Å². The van der Waals surface area contributed by atoms with Crippen LogP contribution >= 0.6 is 0 Å². The topological polar surface area (TPSA) is 114 Å². The minimum atomic E-state index is -0.289. The summed E-state index contributed by atoms with van der Waals surface area (Å²) in [5.74, 6) is -0.289. The highest BCUT2D eigenvalue weighted by Gasteiger charge is 2.18. The second-order valence-corrected chi connectivity index (χ2v) is 6.10. The zero-order chi connectivity index (χ0) is 19.0. The van der Waals surface area contributed by atoms with Crippen LogP contribution in [0.2, 0.25) is 0 Å². The number of hydrogen-bond donors (Lipinski definition) is 2. The van der Waals surface area contributed by atoms with Crippen LogP contribution in [0.15, 0.2) is 51.8 Å². The fraction of sp³-hybridized carbons (Fsp3) is 0.105. The van der Waals surface area contributed by atoms with Crippen LogP contribution in [0.25, 0.3) is 22.4 Å². The van der Waals surface area contributed by atoms with Crippen molar-refractivity contribution in [1.29, 1.82) is 0 Å². The Bertz CT molecular complexity index is 1210. The van der Waals surface area contributed by atoms with Crippen molar-refractivity contribution >= 4 is 22.7 Å². The lowest BCUT2D eigenvalue weighted by Crippen LogP contribution is -2.13. The number of anilines is 1. The number of aryl methyl sites for hydroxylation is 2. The van der Waals surface area contributed by atoms with Crippen LogP contribution in [-0.2, 0) is 0 Å². The second-order valence-electron chi connectivity index (χ2n) is 6.10. The first-order chi connectivity index (χ1) is 13.0. The molecule has 0 aliphatic carbocycles. The molecule has 0 saturated heterocycles. The summed E-state index contributed by atoms with van der Waals surface area (Å²) in [7, 11) is 0. The first-order valence-electron chi connectivity index (χ1n) is 8.22. The molecule has 0 unspecified atom stereocenters. The molecule has 0 saturated carbocycles. The number of H-pyrrole nitrogens is 1. The van der Waals surface area contributed by atoms with Crippen LogP contribution in [0.4, 0.5) is 5.69 Å². The molecule has 1 aromatic carbocycles. The number of carbonyl (C=O) groups is 1. The fourth-order valence-electron chi connectivity index (χ4n) is 2.86. The van der Waals surface area contributed by atoms with Crippen LogP contribution < -0.4 is 10.9 Å². The molecule has 0 bridgehead atoms. The number of nitrogens with zero attached hydrogens (tertiary/aromatic N) is 3. The maximum absolute atomic E-state index is 12.9. The number of aromatic amines is 1. The van der Waals surface area contributed by atoms with E-state index in [0.717, 1.165) is 5.56 Å². The first-order valence-corrected chi connectivity index (χ1v) is 8.22. The summed E-state index contributed by atoms with van der Waals surface area (Å²) in [6, 6.07) is 11.9. The van der Waals surface area contributed by atoms with Gasteiger partial charge >= 0.3 is 0 Å². The number of amides is 1. The average molecular weight is 361 g/mol. The van der Waals surface area contributed by atoms with Crippen molar-refractivity contribution in [1.82, 2.24) is 20.3 Å². The van der Waals surface area contributed by atoms with Gasteiger partial charge in [0, 0.05) is 23.0 Å². The van der Waals surface area contributed by atoms with E-state index in [9.17, 15) is 9.59 Å². The van der Waals surface area contributed by atoms with Gasteiger partial charge in [0.15, 0.2) is 0 Å². The van der Waals surface area contributed by atoms with Crippen molar-refractivity contribution in [2.75, 3.05) is 5.32 Å². The van der Waals surface area contributed by atoms with Crippen LogP contribution in [-0.4, -0.2) is 26.2 Å². The Balaban J connectivity index is 1.68. The van der Waals surface area contributed by atoms with Crippen LogP contribution in [0.3, 0.4) is 0 Å². The van der Waals surface area contributed by atoms with E-state index in [1.807, 2.05) is 6.07 Å². The van der Waals surface area contributed by atoms with Gasteiger partial charge in [-0.2, -0.15) is 5.10 Å². The lowest BCUT2D eigenvalue weighted by Gasteiger charge is -2.08. The molecule has 0 atom stereocenters. The molecule has 1 amide bonds. The lowest BCUT2D eigenvalue weighted by atomic mass is 10.1. The lowest BCUT2D eigenvalue weighted by molar-refractivity contribution is 0.102. The molecule has 0 aliphatic rings. The molecule has 0 radical (unpaired) electrons. The van der Waals surface area contributed by atoms with E-state index in [4.69, 9.17) is 4.52 Å². The summed E-state index contributed by atoms with van der Waals surface area (Å²) >= 11 is 0. The SMILES string of the molecule is Cc1cc(C(=O)Nc2cccc(-c3ccc(=O)[nH]n3)c2)c2c(C)noc2n1. The summed E-state index contributed by atoms with van der Waals surface area (Å²) in [5.41, 5.74) is 3.74. The van der Waals surface area contributed by atoms with Gasteiger partial charge in [-0.25, -0.2) is 10.1 Å². The number of fused-ring (bicyclic) bond motifs is 1. The highest BCUT2D eigenvalue weighted by molar-refractivity contribution is 6.12.